The molecule has 5 unspecified atom stereocenters. The molecule has 9 heteroatoms. The summed E-state index contributed by atoms with van der Waals surface area (Å²) in [5.41, 5.74) is 5.75. The van der Waals surface area contributed by atoms with Crippen LogP contribution in [0.5, 0.6) is 0 Å². The predicted octanol–water partition coefficient (Wildman–Crippen LogP) is 1.43. The highest BCUT2D eigenvalue weighted by atomic mass is 16.5. The first-order valence-electron chi connectivity index (χ1n) is 16.4. The average Bonchev–Trinajstić information content (AvgIpc) is 3.27. The Morgan fingerprint density at radius 3 is 2.37 bits per heavy atom. The molecular weight excluding hydrogens is 516 g/mol. The molecule has 0 aromatic carbocycles. The van der Waals surface area contributed by atoms with Gasteiger partial charge in [0, 0.05) is 44.8 Å². The molecule has 4 aliphatic heterocycles. The van der Waals surface area contributed by atoms with Crippen LogP contribution in [0.3, 0.4) is 0 Å². The second-order valence-electron chi connectivity index (χ2n) is 13.7. The number of hydrogen-bond acceptors (Lipinski definition) is 8. The normalized spacial score (nSPS) is 38.9. The van der Waals surface area contributed by atoms with Crippen LogP contribution in [-0.2, 0) is 9.53 Å². The molecule has 0 aromatic heterocycles. The third-order valence-electron chi connectivity index (χ3n) is 11.2. The summed E-state index contributed by atoms with van der Waals surface area (Å²) < 4.78 is 6.57. The smallest absolute Gasteiger partial charge is 0.245 e. The number of fused-ring (bicyclic) bond motifs is 1. The number of nitrogens with zero attached hydrogens (tertiary/aromatic N) is 3. The summed E-state index contributed by atoms with van der Waals surface area (Å²) in [4.78, 5) is 18.5. The minimum atomic E-state index is -0.966. The van der Waals surface area contributed by atoms with Gasteiger partial charge in [-0.3, -0.25) is 25.2 Å². The zero-order chi connectivity index (χ0) is 28.6. The number of carbonyl (C=O) groups is 1. The highest BCUT2D eigenvalue weighted by molar-refractivity contribution is 5.87. The fourth-order valence-electron chi connectivity index (χ4n) is 8.88. The number of piperidine rings is 1. The zero-order valence-corrected chi connectivity index (χ0v) is 25.0. The number of aliphatic hydroxyl groups is 1. The van der Waals surface area contributed by atoms with E-state index in [0.717, 1.165) is 51.6 Å². The van der Waals surface area contributed by atoms with Crippen LogP contribution < -0.4 is 16.4 Å². The maximum Gasteiger partial charge on any atom is 0.245 e. The molecule has 4 saturated heterocycles. The third-order valence-corrected chi connectivity index (χ3v) is 11.2. The molecule has 4 heterocycles. The fraction of sp³-hybridized carbons (Fsp3) is 0.844. The number of amides is 1. The van der Waals surface area contributed by atoms with Gasteiger partial charge in [0.25, 0.3) is 0 Å². The van der Waals surface area contributed by atoms with E-state index in [1.807, 2.05) is 4.90 Å². The number of ether oxygens (including phenoxy) is 1. The topological polar surface area (TPSA) is 106 Å². The lowest BCUT2D eigenvalue weighted by molar-refractivity contribution is -0.129. The van der Waals surface area contributed by atoms with Gasteiger partial charge in [-0.25, -0.2) is 0 Å². The molecule has 9 nitrogen and oxygen atoms in total. The second-order valence-corrected chi connectivity index (χ2v) is 13.7. The third kappa shape index (κ3) is 6.26. The Morgan fingerprint density at radius 2 is 1.68 bits per heavy atom. The summed E-state index contributed by atoms with van der Waals surface area (Å²) >= 11 is 0. The Bertz CT molecular complexity index is 985. The maximum absolute atomic E-state index is 11.9. The van der Waals surface area contributed by atoms with Crippen LogP contribution in [0.25, 0.3) is 0 Å². The van der Waals surface area contributed by atoms with E-state index in [4.69, 9.17) is 10.5 Å². The highest BCUT2D eigenvalue weighted by Gasteiger charge is 2.54. The van der Waals surface area contributed by atoms with E-state index in [9.17, 15) is 9.90 Å². The molecule has 0 bridgehead atoms. The first-order chi connectivity index (χ1) is 19.8. The number of hydrogen-bond donors (Lipinski definition) is 4. The summed E-state index contributed by atoms with van der Waals surface area (Å²) in [5.74, 6) is 8.18. The predicted molar refractivity (Wildman–Crippen MR) is 159 cm³/mol. The maximum atomic E-state index is 11.9. The summed E-state index contributed by atoms with van der Waals surface area (Å²) in [7, 11) is 2.18. The number of carbonyl (C=O) groups excluding carboxylic acids is 1. The van der Waals surface area contributed by atoms with Crippen LogP contribution in [0.4, 0.5) is 0 Å². The lowest BCUT2D eigenvalue weighted by atomic mass is 9.70. The van der Waals surface area contributed by atoms with Crippen molar-refractivity contribution in [2.24, 2.45) is 23.5 Å². The van der Waals surface area contributed by atoms with Crippen molar-refractivity contribution in [3.63, 3.8) is 0 Å². The Hall–Kier alpha value is -1.51. The monoisotopic (exact) mass is 568 g/mol. The van der Waals surface area contributed by atoms with E-state index in [-0.39, 0.29) is 30.2 Å². The molecule has 6 rings (SSSR count). The van der Waals surface area contributed by atoms with Gasteiger partial charge < -0.3 is 20.5 Å². The largest absolute Gasteiger partial charge is 0.375 e. The van der Waals surface area contributed by atoms with E-state index in [1.54, 1.807) is 0 Å². The molecule has 0 aromatic rings. The van der Waals surface area contributed by atoms with E-state index >= 15 is 0 Å². The quantitative estimate of drug-likeness (QED) is 0.292. The zero-order valence-electron chi connectivity index (χ0n) is 25.0. The van der Waals surface area contributed by atoms with Gasteiger partial charge in [-0.15, -0.1) is 0 Å². The summed E-state index contributed by atoms with van der Waals surface area (Å²) in [6, 6.07) is 0.463. The molecule has 6 fully saturated rings. The van der Waals surface area contributed by atoms with Gasteiger partial charge in [0.05, 0.1) is 30.6 Å². The van der Waals surface area contributed by atoms with Crippen LogP contribution >= 0.6 is 0 Å². The molecule has 228 valence electrons. The van der Waals surface area contributed by atoms with Crippen molar-refractivity contribution >= 4 is 5.91 Å². The second kappa shape index (κ2) is 12.6. The summed E-state index contributed by atoms with van der Waals surface area (Å²) in [5, 5.41) is 18.5. The van der Waals surface area contributed by atoms with Gasteiger partial charge in [0.15, 0.2) is 5.60 Å². The van der Waals surface area contributed by atoms with Crippen molar-refractivity contribution in [3.8, 4) is 11.8 Å². The molecule has 6 aliphatic rings. The van der Waals surface area contributed by atoms with Gasteiger partial charge in [-0.1, -0.05) is 37.7 Å². The van der Waals surface area contributed by atoms with Crippen LogP contribution in [0.15, 0.2) is 12.7 Å². The number of nitrogens with one attached hydrogen (secondary N) is 2. The van der Waals surface area contributed by atoms with Crippen molar-refractivity contribution in [2.45, 2.75) is 113 Å². The SMILES string of the molecule is C=CC(=O)N1CCC(N2CC(O)(C#CC3C(C4CCC(OC5CCCCC5)CC4)C4C(N)NCNC4N3C)C2)CC1. The van der Waals surface area contributed by atoms with Gasteiger partial charge >= 0.3 is 0 Å². The van der Waals surface area contributed by atoms with Gasteiger partial charge in [-0.2, -0.15) is 0 Å². The van der Waals surface area contributed by atoms with Crippen molar-refractivity contribution in [3.05, 3.63) is 12.7 Å². The Morgan fingerprint density at radius 1 is 1.00 bits per heavy atom. The molecule has 5 N–H and O–H groups in total. The van der Waals surface area contributed by atoms with Crippen molar-refractivity contribution in [1.82, 2.24) is 25.3 Å². The van der Waals surface area contributed by atoms with E-state index in [0.29, 0.717) is 49.8 Å². The molecule has 1 amide bonds. The van der Waals surface area contributed by atoms with Crippen LogP contribution in [0, 0.1) is 29.6 Å². The Labute approximate surface area is 246 Å². The summed E-state index contributed by atoms with van der Waals surface area (Å²) in [6.07, 6.45) is 15.3. The van der Waals surface area contributed by atoms with Crippen molar-refractivity contribution < 1.29 is 14.6 Å². The van der Waals surface area contributed by atoms with Gasteiger partial charge in [0.1, 0.15) is 0 Å². The van der Waals surface area contributed by atoms with Crippen molar-refractivity contribution in [2.75, 3.05) is 39.9 Å². The van der Waals surface area contributed by atoms with Crippen LogP contribution in [0.2, 0.25) is 0 Å². The number of nitrogens with two attached hydrogens (primary N) is 1. The van der Waals surface area contributed by atoms with Gasteiger partial charge in [0.2, 0.25) is 5.91 Å². The van der Waals surface area contributed by atoms with E-state index in [1.165, 1.54) is 38.2 Å². The summed E-state index contributed by atoms with van der Waals surface area (Å²) in [6.45, 7) is 6.98. The molecule has 5 atom stereocenters. The molecular formula is C32H52N6O3. The van der Waals surface area contributed by atoms with Crippen LogP contribution in [-0.4, -0.2) is 108 Å². The lowest BCUT2D eigenvalue weighted by Crippen LogP contribution is -2.65. The lowest BCUT2D eigenvalue weighted by Gasteiger charge is -2.49. The van der Waals surface area contributed by atoms with E-state index in [2.05, 4.69) is 45.9 Å². The molecule has 0 spiro atoms. The Kier molecular flexibility index (Phi) is 9.09. The minimum Gasteiger partial charge on any atom is -0.375 e. The van der Waals surface area contributed by atoms with Crippen molar-refractivity contribution in [1.29, 1.82) is 0 Å². The highest BCUT2D eigenvalue weighted by Crippen LogP contribution is 2.46. The number of likely N-dealkylation sites (tertiary alicyclic amines) is 3. The minimum absolute atomic E-state index is 0.0138. The van der Waals surface area contributed by atoms with E-state index < -0.39 is 5.60 Å². The van der Waals surface area contributed by atoms with Crippen LogP contribution in [0.1, 0.15) is 70.6 Å². The molecule has 2 aliphatic carbocycles. The number of rotatable bonds is 5. The first-order valence-corrected chi connectivity index (χ1v) is 16.4. The van der Waals surface area contributed by atoms with Gasteiger partial charge in [-0.05, 0) is 76.3 Å². The standard InChI is InChI=1S/C32H52N6O3/c1-3-27(39)37-17-14-23(15-18-37)38-19-32(40,20-38)16-13-26-28(29-30(33)34-21-35-31(29)36(26)2)22-9-11-25(12-10-22)41-24-7-5-4-6-8-24/h3,22-26,28-31,34-35,40H,1,4-12,14-15,17-21,33H2,2H3. The fourth-order valence-corrected chi connectivity index (χ4v) is 8.88. The molecule has 2 saturated carbocycles. The Balaban J connectivity index is 1.09. The first kappa shape index (κ1) is 29.6. The molecule has 41 heavy (non-hydrogen) atoms. The average molecular weight is 569 g/mol. The number of β-amino-alcohol motifs (C(OH)–C–C–N with tert-alkyl or cyclic N) is 1. The molecule has 0 radical (unpaired) electrons.